The Labute approximate surface area is 205 Å². The van der Waals surface area contributed by atoms with E-state index in [9.17, 15) is 10.1 Å². The van der Waals surface area contributed by atoms with E-state index in [4.69, 9.17) is 9.26 Å². The lowest BCUT2D eigenvalue weighted by molar-refractivity contribution is 0.211. The molecule has 2 aromatic carbocycles. The number of hydrogen-bond acceptors (Lipinski definition) is 6. The van der Waals surface area contributed by atoms with E-state index < -0.39 is 0 Å². The van der Waals surface area contributed by atoms with Crippen molar-refractivity contribution in [3.63, 3.8) is 0 Å². The van der Waals surface area contributed by atoms with Gasteiger partial charge in [0.15, 0.2) is 0 Å². The third kappa shape index (κ3) is 5.62. The molecule has 0 bridgehead atoms. The summed E-state index contributed by atoms with van der Waals surface area (Å²) >= 11 is 0. The molecule has 5 rings (SSSR count). The summed E-state index contributed by atoms with van der Waals surface area (Å²) in [6.45, 7) is 5.72. The minimum absolute atomic E-state index is 0.00290. The number of carbonyl (C=O) groups excluding carboxylic acids is 1. The summed E-state index contributed by atoms with van der Waals surface area (Å²) in [6.07, 6.45) is 5.65. The highest BCUT2D eigenvalue weighted by Gasteiger charge is 2.20. The van der Waals surface area contributed by atoms with E-state index in [1.165, 1.54) is 17.5 Å². The predicted octanol–water partition coefficient (Wildman–Crippen LogP) is 4.97. The number of amides is 2. The Morgan fingerprint density at radius 3 is 2.69 bits per heavy atom. The Balaban J connectivity index is 0.000000271. The van der Waals surface area contributed by atoms with Crippen molar-refractivity contribution in [3.05, 3.63) is 53.1 Å². The van der Waals surface area contributed by atoms with Gasteiger partial charge < -0.3 is 19.5 Å². The number of urea groups is 1. The zero-order valence-corrected chi connectivity index (χ0v) is 20.5. The van der Waals surface area contributed by atoms with Crippen LogP contribution in [0.15, 0.2) is 40.9 Å². The summed E-state index contributed by atoms with van der Waals surface area (Å²) in [6, 6.07) is 13.8. The van der Waals surface area contributed by atoms with Crippen LogP contribution in [0.25, 0.3) is 22.8 Å². The normalized spacial score (nSPS) is 14.2. The fraction of sp³-hybridized carbons (Fsp3) is 0.407. The fourth-order valence-corrected chi connectivity index (χ4v) is 4.46. The van der Waals surface area contributed by atoms with Gasteiger partial charge in [0.05, 0.1) is 11.7 Å². The monoisotopic (exact) mass is 473 g/mol. The molecule has 8 heteroatoms. The highest BCUT2D eigenvalue weighted by atomic mass is 16.5. The Bertz CT molecular complexity index is 1220. The highest BCUT2D eigenvalue weighted by Crippen LogP contribution is 2.33. The standard InChI is InChI=1S/C21H19N3O2.C6H12N2O/c1-13(2)25-19-10-9-15(11-16(19)12-22)21-23-20(24-26-21)18-8-4-6-14-5-3-7-17(14)18;1-7-6(9)8-4-2-3-5-8/h4,6,8-11,13H,3,5,7H2,1-2H3;2-5H2,1H3,(H,7,9). The number of rotatable bonds is 4. The SMILES string of the molecule is CC(C)Oc1ccc(-c2nc(-c3cccc4c3CCC4)no2)cc1C#N.CNC(=O)N1CCCC1. The van der Waals surface area contributed by atoms with Gasteiger partial charge in [-0.25, -0.2) is 4.79 Å². The molecule has 0 saturated carbocycles. The predicted molar refractivity (Wildman–Crippen MR) is 133 cm³/mol. The molecule has 1 saturated heterocycles. The minimum Gasteiger partial charge on any atom is -0.490 e. The summed E-state index contributed by atoms with van der Waals surface area (Å²) in [5.41, 5.74) is 4.89. The molecule has 35 heavy (non-hydrogen) atoms. The number of benzene rings is 2. The summed E-state index contributed by atoms with van der Waals surface area (Å²) < 4.78 is 11.1. The van der Waals surface area contributed by atoms with Crippen LogP contribution in [-0.4, -0.2) is 47.3 Å². The van der Waals surface area contributed by atoms with E-state index in [0.717, 1.165) is 44.3 Å². The molecule has 0 spiro atoms. The molecule has 0 atom stereocenters. The number of nitriles is 1. The van der Waals surface area contributed by atoms with Crippen LogP contribution in [0, 0.1) is 11.3 Å². The summed E-state index contributed by atoms with van der Waals surface area (Å²) in [7, 11) is 1.67. The number of aryl methyl sites for hydroxylation is 1. The second kappa shape index (κ2) is 11.0. The van der Waals surface area contributed by atoms with E-state index in [1.807, 2.05) is 36.9 Å². The first kappa shape index (κ1) is 24.3. The number of carbonyl (C=O) groups is 1. The lowest BCUT2D eigenvalue weighted by Crippen LogP contribution is -2.35. The zero-order valence-electron chi connectivity index (χ0n) is 20.5. The summed E-state index contributed by atoms with van der Waals surface area (Å²) in [5, 5.41) is 16.2. The lowest BCUT2D eigenvalue weighted by Gasteiger charge is -2.13. The van der Waals surface area contributed by atoms with Crippen molar-refractivity contribution < 1.29 is 14.1 Å². The van der Waals surface area contributed by atoms with Gasteiger partial charge in [-0.05, 0) is 75.3 Å². The van der Waals surface area contributed by atoms with Crippen LogP contribution < -0.4 is 10.1 Å². The number of nitrogens with one attached hydrogen (secondary N) is 1. The molecule has 2 heterocycles. The zero-order chi connectivity index (χ0) is 24.8. The van der Waals surface area contributed by atoms with Crippen LogP contribution in [0.3, 0.4) is 0 Å². The van der Waals surface area contributed by atoms with Gasteiger partial charge in [-0.2, -0.15) is 10.2 Å². The second-order valence-corrected chi connectivity index (χ2v) is 8.96. The van der Waals surface area contributed by atoms with Gasteiger partial charge in [0.2, 0.25) is 5.82 Å². The quantitative estimate of drug-likeness (QED) is 0.573. The average Bonchev–Trinajstić information content (AvgIpc) is 3.65. The van der Waals surface area contributed by atoms with Crippen LogP contribution in [0.1, 0.15) is 49.8 Å². The first-order valence-corrected chi connectivity index (χ1v) is 12.1. The van der Waals surface area contributed by atoms with E-state index in [-0.39, 0.29) is 12.1 Å². The molecule has 3 aromatic rings. The van der Waals surface area contributed by atoms with Crippen molar-refractivity contribution in [1.29, 1.82) is 5.26 Å². The molecule has 1 aromatic heterocycles. The topological polar surface area (TPSA) is 104 Å². The molecule has 1 fully saturated rings. The number of aromatic nitrogens is 2. The number of nitrogens with zero attached hydrogens (tertiary/aromatic N) is 4. The van der Waals surface area contributed by atoms with Gasteiger partial charge in [-0.1, -0.05) is 23.4 Å². The second-order valence-electron chi connectivity index (χ2n) is 8.96. The maximum absolute atomic E-state index is 10.8. The molecule has 0 unspecified atom stereocenters. The van der Waals surface area contributed by atoms with Gasteiger partial charge >= 0.3 is 6.03 Å². The average molecular weight is 474 g/mol. The van der Waals surface area contributed by atoms with Crippen molar-refractivity contribution in [2.75, 3.05) is 20.1 Å². The molecule has 8 nitrogen and oxygen atoms in total. The summed E-state index contributed by atoms with van der Waals surface area (Å²) in [4.78, 5) is 17.2. The number of ether oxygens (including phenoxy) is 1. The van der Waals surface area contributed by atoms with E-state index in [1.54, 1.807) is 19.2 Å². The Kier molecular flexibility index (Phi) is 7.66. The molecular weight excluding hydrogens is 442 g/mol. The molecule has 182 valence electrons. The van der Waals surface area contributed by atoms with Gasteiger partial charge in [-0.3, -0.25) is 0 Å². The number of hydrogen-bond donors (Lipinski definition) is 1. The largest absolute Gasteiger partial charge is 0.490 e. The minimum atomic E-state index is 0.00290. The van der Waals surface area contributed by atoms with Gasteiger partial charge in [0.25, 0.3) is 5.89 Å². The molecule has 2 aliphatic rings. The van der Waals surface area contributed by atoms with Gasteiger partial charge in [0.1, 0.15) is 11.8 Å². The first-order valence-electron chi connectivity index (χ1n) is 12.1. The van der Waals surface area contributed by atoms with Crippen molar-refractivity contribution >= 4 is 6.03 Å². The smallest absolute Gasteiger partial charge is 0.317 e. The fourth-order valence-electron chi connectivity index (χ4n) is 4.46. The van der Waals surface area contributed by atoms with Crippen LogP contribution in [-0.2, 0) is 12.8 Å². The van der Waals surface area contributed by atoms with Crippen LogP contribution in [0.2, 0.25) is 0 Å². The van der Waals surface area contributed by atoms with Crippen molar-refractivity contribution in [3.8, 4) is 34.7 Å². The van der Waals surface area contributed by atoms with Gasteiger partial charge in [-0.15, -0.1) is 0 Å². The molecular formula is C27H31N5O3. The maximum Gasteiger partial charge on any atom is 0.317 e. The lowest BCUT2D eigenvalue weighted by atomic mass is 10.0. The molecule has 2 amide bonds. The van der Waals surface area contributed by atoms with Crippen molar-refractivity contribution in [2.24, 2.45) is 0 Å². The summed E-state index contributed by atoms with van der Waals surface area (Å²) in [5.74, 6) is 1.56. The Hall–Kier alpha value is -3.86. The molecule has 0 radical (unpaired) electrons. The third-order valence-electron chi connectivity index (χ3n) is 6.13. The van der Waals surface area contributed by atoms with Crippen LogP contribution >= 0.6 is 0 Å². The molecule has 1 N–H and O–H groups in total. The Morgan fingerprint density at radius 2 is 1.97 bits per heavy atom. The van der Waals surface area contributed by atoms with Gasteiger partial charge in [0, 0.05) is 31.3 Å². The first-order chi connectivity index (χ1) is 17.0. The Morgan fingerprint density at radius 1 is 1.17 bits per heavy atom. The molecule has 1 aliphatic heterocycles. The van der Waals surface area contributed by atoms with Crippen molar-refractivity contribution in [2.45, 2.75) is 52.1 Å². The van der Waals surface area contributed by atoms with Crippen molar-refractivity contribution in [1.82, 2.24) is 20.4 Å². The molecule has 1 aliphatic carbocycles. The van der Waals surface area contributed by atoms with E-state index in [2.05, 4.69) is 27.6 Å². The number of fused-ring (bicyclic) bond motifs is 1. The third-order valence-corrected chi connectivity index (χ3v) is 6.13. The van der Waals surface area contributed by atoms with E-state index >= 15 is 0 Å². The number of likely N-dealkylation sites (tertiary alicyclic amines) is 1. The van der Waals surface area contributed by atoms with E-state index in [0.29, 0.717) is 28.6 Å². The maximum atomic E-state index is 10.8. The highest BCUT2D eigenvalue weighted by molar-refractivity contribution is 5.74. The van der Waals surface area contributed by atoms with Crippen LogP contribution in [0.4, 0.5) is 4.79 Å². The van der Waals surface area contributed by atoms with Crippen LogP contribution in [0.5, 0.6) is 5.75 Å².